The van der Waals surface area contributed by atoms with Gasteiger partial charge in [0.2, 0.25) is 0 Å². The molecule has 0 bridgehead atoms. The van der Waals surface area contributed by atoms with E-state index in [0.29, 0.717) is 6.42 Å². The molecule has 0 saturated carbocycles. The number of hydrogen-bond donors (Lipinski definition) is 4. The number of pyridine rings is 1. The number of anilines is 2. The standard InChI is InChI=1S/C11H16F3N3O2/c1-2-10(5-18,6-19)17-8-3-9(11(12,13)14)16-4-7(8)15/h3-4,18-19H,2,5-6,15H2,1H3,(H,16,17). The smallest absolute Gasteiger partial charge is 0.396 e. The fourth-order valence-corrected chi connectivity index (χ4v) is 1.46. The van der Waals surface area contributed by atoms with Crippen LogP contribution in [0.25, 0.3) is 0 Å². The first-order chi connectivity index (χ1) is 8.78. The van der Waals surface area contributed by atoms with Crippen molar-refractivity contribution in [1.29, 1.82) is 0 Å². The van der Waals surface area contributed by atoms with Gasteiger partial charge in [-0.1, -0.05) is 6.92 Å². The summed E-state index contributed by atoms with van der Waals surface area (Å²) in [6.45, 7) is 0.799. The van der Waals surface area contributed by atoms with Gasteiger partial charge in [0.1, 0.15) is 5.69 Å². The van der Waals surface area contributed by atoms with E-state index in [1.165, 1.54) is 0 Å². The summed E-state index contributed by atoms with van der Waals surface area (Å²) in [4.78, 5) is 3.20. The maximum Gasteiger partial charge on any atom is 0.433 e. The van der Waals surface area contributed by atoms with Gasteiger partial charge in [-0.3, -0.25) is 0 Å². The Kier molecular flexibility index (Phi) is 4.59. The molecule has 8 heteroatoms. The van der Waals surface area contributed by atoms with Crippen molar-refractivity contribution < 1.29 is 23.4 Å². The second-order valence-electron chi connectivity index (χ2n) is 4.23. The molecule has 0 aliphatic carbocycles. The van der Waals surface area contributed by atoms with Crippen molar-refractivity contribution in [2.24, 2.45) is 0 Å². The molecule has 19 heavy (non-hydrogen) atoms. The number of aliphatic hydroxyl groups excluding tert-OH is 2. The van der Waals surface area contributed by atoms with E-state index in [1.54, 1.807) is 6.92 Å². The zero-order valence-corrected chi connectivity index (χ0v) is 10.3. The molecular formula is C11H16F3N3O2. The Balaban J connectivity index is 3.13. The minimum absolute atomic E-state index is 0.00715. The van der Waals surface area contributed by atoms with E-state index in [4.69, 9.17) is 5.73 Å². The Morgan fingerprint density at radius 1 is 1.32 bits per heavy atom. The molecule has 1 heterocycles. The van der Waals surface area contributed by atoms with Crippen LogP contribution in [0.1, 0.15) is 19.0 Å². The summed E-state index contributed by atoms with van der Waals surface area (Å²) >= 11 is 0. The van der Waals surface area contributed by atoms with Gasteiger partial charge in [-0.05, 0) is 12.5 Å². The van der Waals surface area contributed by atoms with Crippen LogP contribution in [0.15, 0.2) is 12.3 Å². The maximum absolute atomic E-state index is 12.5. The lowest BCUT2D eigenvalue weighted by atomic mass is 9.98. The molecule has 0 aliphatic heterocycles. The highest BCUT2D eigenvalue weighted by molar-refractivity contribution is 5.66. The molecule has 0 spiro atoms. The van der Waals surface area contributed by atoms with Crippen LogP contribution in [0.3, 0.4) is 0 Å². The van der Waals surface area contributed by atoms with E-state index < -0.39 is 30.6 Å². The van der Waals surface area contributed by atoms with E-state index in [0.717, 1.165) is 12.3 Å². The van der Waals surface area contributed by atoms with Gasteiger partial charge < -0.3 is 21.3 Å². The molecule has 0 aromatic carbocycles. The fourth-order valence-electron chi connectivity index (χ4n) is 1.46. The van der Waals surface area contributed by atoms with Crippen LogP contribution in [-0.2, 0) is 6.18 Å². The summed E-state index contributed by atoms with van der Waals surface area (Å²) in [5.41, 5.74) is 3.32. The first-order valence-corrected chi connectivity index (χ1v) is 5.60. The van der Waals surface area contributed by atoms with E-state index >= 15 is 0 Å². The molecule has 0 saturated heterocycles. The summed E-state index contributed by atoms with van der Waals surface area (Å²) < 4.78 is 37.6. The maximum atomic E-state index is 12.5. The van der Waals surface area contributed by atoms with Gasteiger partial charge in [-0.25, -0.2) is 4.98 Å². The van der Waals surface area contributed by atoms with Crippen molar-refractivity contribution in [2.75, 3.05) is 24.3 Å². The third kappa shape index (κ3) is 3.48. The topological polar surface area (TPSA) is 91.4 Å². The van der Waals surface area contributed by atoms with E-state index in [-0.39, 0.29) is 11.4 Å². The number of rotatable bonds is 5. The number of nitrogens with one attached hydrogen (secondary N) is 1. The Hall–Kier alpha value is -1.54. The number of alkyl halides is 3. The lowest BCUT2D eigenvalue weighted by Crippen LogP contribution is -2.45. The first kappa shape index (κ1) is 15.5. The monoisotopic (exact) mass is 279 g/mol. The summed E-state index contributed by atoms with van der Waals surface area (Å²) in [7, 11) is 0. The van der Waals surface area contributed by atoms with Gasteiger partial charge in [0.15, 0.2) is 0 Å². The predicted molar refractivity (Wildman–Crippen MR) is 64.5 cm³/mol. The van der Waals surface area contributed by atoms with Crippen LogP contribution in [0.5, 0.6) is 0 Å². The van der Waals surface area contributed by atoms with Crippen molar-refractivity contribution in [2.45, 2.75) is 25.1 Å². The zero-order valence-electron chi connectivity index (χ0n) is 10.3. The largest absolute Gasteiger partial charge is 0.433 e. The molecule has 108 valence electrons. The number of nitrogens with zero attached hydrogens (tertiary/aromatic N) is 1. The Bertz CT molecular complexity index is 425. The SMILES string of the molecule is CCC(CO)(CO)Nc1cc(C(F)(F)F)ncc1N. The molecule has 1 aromatic heterocycles. The van der Waals surface area contributed by atoms with Crippen LogP contribution in [-0.4, -0.2) is 33.9 Å². The second kappa shape index (κ2) is 5.62. The molecule has 0 radical (unpaired) electrons. The van der Waals surface area contributed by atoms with E-state index in [1.807, 2.05) is 0 Å². The van der Waals surface area contributed by atoms with Crippen molar-refractivity contribution in [1.82, 2.24) is 4.98 Å². The van der Waals surface area contributed by atoms with Gasteiger partial charge in [0.25, 0.3) is 0 Å². The molecule has 0 atom stereocenters. The quantitative estimate of drug-likeness (QED) is 0.650. The normalized spacial score (nSPS) is 12.5. The highest BCUT2D eigenvalue weighted by atomic mass is 19.4. The van der Waals surface area contributed by atoms with Crippen LogP contribution in [0, 0.1) is 0 Å². The summed E-state index contributed by atoms with van der Waals surface area (Å²) in [6, 6.07) is 0.755. The number of nitrogen functional groups attached to an aromatic ring is 1. The molecule has 0 aliphatic rings. The lowest BCUT2D eigenvalue weighted by molar-refractivity contribution is -0.141. The highest BCUT2D eigenvalue weighted by Gasteiger charge is 2.34. The predicted octanol–water partition coefficient (Wildman–Crippen LogP) is 1.23. The van der Waals surface area contributed by atoms with Crippen molar-refractivity contribution in [3.8, 4) is 0 Å². The molecular weight excluding hydrogens is 263 g/mol. The molecule has 1 aromatic rings. The Labute approximate surface area is 108 Å². The van der Waals surface area contributed by atoms with E-state index in [2.05, 4.69) is 10.3 Å². The summed E-state index contributed by atoms with van der Waals surface area (Å²) in [6.07, 6.45) is -3.39. The highest BCUT2D eigenvalue weighted by Crippen LogP contribution is 2.32. The third-order valence-electron chi connectivity index (χ3n) is 2.91. The Morgan fingerprint density at radius 3 is 2.32 bits per heavy atom. The number of aromatic nitrogens is 1. The second-order valence-corrected chi connectivity index (χ2v) is 4.23. The average Bonchev–Trinajstić information content (AvgIpc) is 2.37. The van der Waals surface area contributed by atoms with E-state index in [9.17, 15) is 23.4 Å². The Morgan fingerprint density at radius 2 is 1.89 bits per heavy atom. The molecule has 1 rings (SSSR count). The lowest BCUT2D eigenvalue weighted by Gasteiger charge is -2.31. The van der Waals surface area contributed by atoms with Crippen LogP contribution in [0.4, 0.5) is 24.5 Å². The molecule has 5 N–H and O–H groups in total. The molecule has 0 unspecified atom stereocenters. The van der Waals surface area contributed by atoms with Gasteiger partial charge in [-0.15, -0.1) is 0 Å². The van der Waals surface area contributed by atoms with Gasteiger partial charge >= 0.3 is 6.18 Å². The van der Waals surface area contributed by atoms with Gasteiger partial charge in [0.05, 0.1) is 36.3 Å². The number of nitrogens with two attached hydrogens (primary N) is 1. The first-order valence-electron chi connectivity index (χ1n) is 5.60. The molecule has 0 fully saturated rings. The zero-order chi connectivity index (χ0) is 14.7. The summed E-state index contributed by atoms with van der Waals surface area (Å²) in [5, 5.41) is 21.2. The van der Waals surface area contributed by atoms with Crippen molar-refractivity contribution >= 4 is 11.4 Å². The van der Waals surface area contributed by atoms with Crippen LogP contribution >= 0.6 is 0 Å². The van der Waals surface area contributed by atoms with Crippen molar-refractivity contribution in [3.63, 3.8) is 0 Å². The average molecular weight is 279 g/mol. The number of hydrogen-bond acceptors (Lipinski definition) is 5. The number of halogens is 3. The summed E-state index contributed by atoms with van der Waals surface area (Å²) in [5.74, 6) is 0. The number of aliphatic hydroxyl groups is 2. The molecule has 0 amide bonds. The van der Waals surface area contributed by atoms with Crippen LogP contribution < -0.4 is 11.1 Å². The third-order valence-corrected chi connectivity index (χ3v) is 2.91. The minimum Gasteiger partial charge on any atom is -0.396 e. The molecule has 5 nitrogen and oxygen atoms in total. The van der Waals surface area contributed by atoms with Gasteiger partial charge in [-0.2, -0.15) is 13.2 Å². The fraction of sp³-hybridized carbons (Fsp3) is 0.545. The minimum atomic E-state index is -4.59. The van der Waals surface area contributed by atoms with Crippen molar-refractivity contribution in [3.05, 3.63) is 18.0 Å². The van der Waals surface area contributed by atoms with Crippen LogP contribution in [0.2, 0.25) is 0 Å². The van der Waals surface area contributed by atoms with Gasteiger partial charge in [0, 0.05) is 0 Å².